The van der Waals surface area contributed by atoms with Crippen LogP contribution in [0.5, 0.6) is 0 Å². The molecule has 3 aromatic rings. The van der Waals surface area contributed by atoms with E-state index in [1.165, 1.54) is 11.9 Å². The number of benzene rings is 1. The highest BCUT2D eigenvalue weighted by molar-refractivity contribution is 5.86. The van der Waals surface area contributed by atoms with E-state index in [0.29, 0.717) is 17.4 Å². The molecule has 2 aromatic heterocycles. The topological polar surface area (TPSA) is 80.0 Å². The number of likely N-dealkylation sites (N-methyl/N-ethyl adjacent to an activating group) is 1. The molecule has 0 radical (unpaired) electrons. The van der Waals surface area contributed by atoms with Gasteiger partial charge in [0.05, 0.1) is 11.2 Å². The molecule has 0 spiro atoms. The zero-order valence-corrected chi connectivity index (χ0v) is 14.8. The van der Waals surface area contributed by atoms with Crippen LogP contribution in [0.15, 0.2) is 42.7 Å². The average Bonchev–Trinajstić information content (AvgIpc) is 2.58. The van der Waals surface area contributed by atoms with E-state index in [-0.39, 0.29) is 12.4 Å². The predicted molar refractivity (Wildman–Crippen MR) is 103 cm³/mol. The molecule has 1 saturated heterocycles. The largest absolute Gasteiger partial charge is 0.382 e. The summed E-state index contributed by atoms with van der Waals surface area (Å²) in [6, 6.07) is 12.9. The lowest BCUT2D eigenvalue weighted by Crippen LogP contribution is -2.55. The van der Waals surface area contributed by atoms with Crippen molar-refractivity contribution < 1.29 is 0 Å². The lowest BCUT2D eigenvalue weighted by atomic mass is 10.1. The summed E-state index contributed by atoms with van der Waals surface area (Å²) in [6.45, 7) is 3.10. The first kappa shape index (κ1) is 17.5. The van der Waals surface area contributed by atoms with Crippen LogP contribution >= 0.6 is 12.4 Å². The number of anilines is 1. The number of fused-ring (bicyclic) bond motifs is 1. The molecule has 0 unspecified atom stereocenters. The molecular formula is C18H21ClN6. The van der Waals surface area contributed by atoms with Crippen molar-refractivity contribution in [1.82, 2.24) is 25.2 Å². The molecule has 3 N–H and O–H groups in total. The Morgan fingerprint density at radius 2 is 2.04 bits per heavy atom. The number of likely N-dealkylation sites (tertiary alicyclic amines) is 1. The van der Waals surface area contributed by atoms with Gasteiger partial charge in [-0.2, -0.15) is 0 Å². The van der Waals surface area contributed by atoms with Crippen molar-refractivity contribution in [3.63, 3.8) is 0 Å². The molecule has 1 aliphatic heterocycles. The van der Waals surface area contributed by atoms with E-state index in [1.807, 2.05) is 12.1 Å². The van der Waals surface area contributed by atoms with Gasteiger partial charge in [-0.3, -0.25) is 0 Å². The number of nitrogen functional groups attached to an aromatic ring is 1. The average molecular weight is 357 g/mol. The summed E-state index contributed by atoms with van der Waals surface area (Å²) in [6.07, 6.45) is 1.46. The standard InChI is InChI=1S/C18H20N6.ClH/c1-24-9-14(10-24)20-8-12-3-2-4-13(7-12)15-5-6-16-17(23-15)18(19)22-11-21-16;/h2-7,11,14,20H,8-10H2,1H3,(H2,19,21,22);1H. The van der Waals surface area contributed by atoms with E-state index >= 15 is 0 Å². The lowest BCUT2D eigenvalue weighted by molar-refractivity contribution is 0.161. The molecule has 130 valence electrons. The number of nitrogens with zero attached hydrogens (tertiary/aromatic N) is 4. The zero-order valence-electron chi connectivity index (χ0n) is 14.0. The van der Waals surface area contributed by atoms with Gasteiger partial charge in [-0.1, -0.05) is 18.2 Å². The van der Waals surface area contributed by atoms with E-state index in [0.717, 1.165) is 36.4 Å². The molecular weight excluding hydrogens is 336 g/mol. The third-order valence-electron chi connectivity index (χ3n) is 4.39. The van der Waals surface area contributed by atoms with Gasteiger partial charge in [0.1, 0.15) is 11.8 Å². The van der Waals surface area contributed by atoms with Crippen LogP contribution in [0.2, 0.25) is 0 Å². The fourth-order valence-corrected chi connectivity index (χ4v) is 3.05. The molecule has 6 nitrogen and oxygen atoms in total. The van der Waals surface area contributed by atoms with Crippen molar-refractivity contribution in [1.29, 1.82) is 0 Å². The highest BCUT2D eigenvalue weighted by atomic mass is 35.5. The predicted octanol–water partition coefficient (Wildman–Crippen LogP) is 2.10. The van der Waals surface area contributed by atoms with Crippen LogP contribution in [0.4, 0.5) is 5.82 Å². The molecule has 4 rings (SSSR count). The maximum Gasteiger partial charge on any atom is 0.153 e. The maximum absolute atomic E-state index is 5.92. The molecule has 7 heteroatoms. The van der Waals surface area contributed by atoms with Crippen molar-refractivity contribution in [2.24, 2.45) is 0 Å². The Labute approximate surface area is 152 Å². The molecule has 1 aliphatic rings. The maximum atomic E-state index is 5.92. The molecule has 1 aromatic carbocycles. The second-order valence-electron chi connectivity index (χ2n) is 6.32. The van der Waals surface area contributed by atoms with E-state index in [9.17, 15) is 0 Å². The van der Waals surface area contributed by atoms with Crippen molar-refractivity contribution in [3.8, 4) is 11.3 Å². The fraction of sp³-hybridized carbons (Fsp3) is 0.278. The normalized spacial score (nSPS) is 14.9. The van der Waals surface area contributed by atoms with Gasteiger partial charge in [-0.05, 0) is 30.8 Å². The molecule has 0 amide bonds. The number of hydrogen-bond acceptors (Lipinski definition) is 6. The zero-order chi connectivity index (χ0) is 16.5. The first-order valence-corrected chi connectivity index (χ1v) is 8.07. The SMILES string of the molecule is CN1CC(NCc2cccc(-c3ccc4ncnc(N)c4n3)c2)C1.Cl. The van der Waals surface area contributed by atoms with E-state index in [1.54, 1.807) is 0 Å². The number of aromatic nitrogens is 3. The summed E-state index contributed by atoms with van der Waals surface area (Å²) in [4.78, 5) is 15.2. The number of hydrogen-bond donors (Lipinski definition) is 2. The fourth-order valence-electron chi connectivity index (χ4n) is 3.05. The first-order valence-electron chi connectivity index (χ1n) is 8.07. The van der Waals surface area contributed by atoms with Crippen LogP contribution in [0.3, 0.4) is 0 Å². The number of nitrogens with two attached hydrogens (primary N) is 1. The van der Waals surface area contributed by atoms with E-state index in [2.05, 4.69) is 56.5 Å². The van der Waals surface area contributed by atoms with Crippen LogP contribution in [0.25, 0.3) is 22.3 Å². The summed E-state index contributed by atoms with van der Waals surface area (Å²) in [5.41, 5.74) is 10.5. The highest BCUT2D eigenvalue weighted by Gasteiger charge is 2.21. The van der Waals surface area contributed by atoms with Crippen molar-refractivity contribution in [2.75, 3.05) is 25.9 Å². The molecule has 3 heterocycles. The van der Waals surface area contributed by atoms with E-state index in [4.69, 9.17) is 5.73 Å². The number of nitrogens with one attached hydrogen (secondary N) is 1. The monoisotopic (exact) mass is 356 g/mol. The van der Waals surface area contributed by atoms with Crippen LogP contribution in [-0.4, -0.2) is 46.0 Å². The van der Waals surface area contributed by atoms with Gasteiger partial charge in [0.25, 0.3) is 0 Å². The van der Waals surface area contributed by atoms with Crippen molar-refractivity contribution in [3.05, 3.63) is 48.3 Å². The minimum Gasteiger partial charge on any atom is -0.382 e. The smallest absolute Gasteiger partial charge is 0.153 e. The number of rotatable bonds is 4. The summed E-state index contributed by atoms with van der Waals surface area (Å²) < 4.78 is 0. The molecule has 0 atom stereocenters. The van der Waals surface area contributed by atoms with Crippen LogP contribution in [-0.2, 0) is 6.54 Å². The Balaban J connectivity index is 0.00000182. The second kappa shape index (κ2) is 7.31. The highest BCUT2D eigenvalue weighted by Crippen LogP contribution is 2.23. The lowest BCUT2D eigenvalue weighted by Gasteiger charge is -2.36. The van der Waals surface area contributed by atoms with Crippen LogP contribution < -0.4 is 11.1 Å². The third kappa shape index (κ3) is 3.71. The summed E-state index contributed by atoms with van der Waals surface area (Å²) >= 11 is 0. The summed E-state index contributed by atoms with van der Waals surface area (Å²) in [7, 11) is 2.14. The Kier molecular flexibility index (Phi) is 5.13. The van der Waals surface area contributed by atoms with Gasteiger partial charge < -0.3 is 16.0 Å². The van der Waals surface area contributed by atoms with Gasteiger partial charge in [-0.25, -0.2) is 15.0 Å². The van der Waals surface area contributed by atoms with Gasteiger partial charge in [0, 0.05) is 31.2 Å². The number of halogens is 1. The van der Waals surface area contributed by atoms with Gasteiger partial charge in [0.15, 0.2) is 5.82 Å². The number of pyridine rings is 1. The second-order valence-corrected chi connectivity index (χ2v) is 6.32. The molecule has 1 fully saturated rings. The third-order valence-corrected chi connectivity index (χ3v) is 4.39. The van der Waals surface area contributed by atoms with Crippen LogP contribution in [0.1, 0.15) is 5.56 Å². The Hall–Kier alpha value is -2.28. The van der Waals surface area contributed by atoms with Gasteiger partial charge >= 0.3 is 0 Å². The molecule has 0 saturated carbocycles. The van der Waals surface area contributed by atoms with Gasteiger partial charge in [0.2, 0.25) is 0 Å². The molecule has 0 aliphatic carbocycles. The minimum absolute atomic E-state index is 0. The van der Waals surface area contributed by atoms with Gasteiger partial charge in [-0.15, -0.1) is 12.4 Å². The van der Waals surface area contributed by atoms with Crippen molar-refractivity contribution >= 4 is 29.3 Å². The van der Waals surface area contributed by atoms with E-state index < -0.39 is 0 Å². The van der Waals surface area contributed by atoms with Crippen LogP contribution in [0, 0.1) is 0 Å². The molecule has 25 heavy (non-hydrogen) atoms. The Morgan fingerprint density at radius 3 is 2.84 bits per heavy atom. The Morgan fingerprint density at radius 1 is 1.20 bits per heavy atom. The molecule has 0 bridgehead atoms. The quantitative estimate of drug-likeness (QED) is 0.745. The minimum atomic E-state index is 0. The first-order chi connectivity index (χ1) is 11.7. The Bertz CT molecular complexity index is 878. The summed E-state index contributed by atoms with van der Waals surface area (Å²) in [5.74, 6) is 0.411. The van der Waals surface area contributed by atoms with Crippen molar-refractivity contribution in [2.45, 2.75) is 12.6 Å². The summed E-state index contributed by atoms with van der Waals surface area (Å²) in [5, 5.41) is 3.58.